The summed E-state index contributed by atoms with van der Waals surface area (Å²) in [7, 11) is -1.92. The van der Waals surface area contributed by atoms with E-state index in [-0.39, 0.29) is 5.46 Å². The third kappa shape index (κ3) is 3.62. The lowest BCUT2D eigenvalue weighted by Gasteiger charge is -2.12. The van der Waals surface area contributed by atoms with Crippen molar-refractivity contribution in [3.05, 3.63) is 65.2 Å². The van der Waals surface area contributed by atoms with Crippen LogP contribution in [-0.4, -0.2) is 17.2 Å². The first-order valence-corrected chi connectivity index (χ1v) is 5.97. The maximum Gasteiger partial charge on any atom is 0.488 e. The first-order chi connectivity index (χ1) is 9.36. The van der Waals surface area contributed by atoms with E-state index in [9.17, 15) is 13.2 Å². The van der Waals surface area contributed by atoms with Crippen molar-refractivity contribution in [3.63, 3.8) is 0 Å². The van der Waals surface area contributed by atoms with Gasteiger partial charge >= 0.3 is 13.3 Å². The molecule has 2 nitrogen and oxygen atoms in total. The van der Waals surface area contributed by atoms with E-state index in [0.717, 1.165) is 17.7 Å². The standard InChI is InChI=1S/C14H12BF3O2/c16-14(17,18)12-7-11(8-13(9-12)15(19)20)6-10-4-2-1-3-5-10/h1-5,7-9,19-20H,6H2. The smallest absolute Gasteiger partial charge is 0.423 e. The number of alkyl halides is 3. The molecular formula is C14H12BF3O2. The maximum atomic E-state index is 12.8. The van der Waals surface area contributed by atoms with Crippen LogP contribution in [0, 0.1) is 0 Å². The zero-order valence-corrected chi connectivity index (χ0v) is 10.4. The van der Waals surface area contributed by atoms with Crippen LogP contribution in [0.15, 0.2) is 48.5 Å². The lowest BCUT2D eigenvalue weighted by molar-refractivity contribution is -0.137. The van der Waals surface area contributed by atoms with Crippen LogP contribution in [0.1, 0.15) is 16.7 Å². The minimum Gasteiger partial charge on any atom is -0.423 e. The highest BCUT2D eigenvalue weighted by Gasteiger charge is 2.32. The lowest BCUT2D eigenvalue weighted by Crippen LogP contribution is -2.31. The summed E-state index contributed by atoms with van der Waals surface area (Å²) in [4.78, 5) is 0. The molecular weight excluding hydrogens is 268 g/mol. The molecule has 0 radical (unpaired) electrons. The first-order valence-electron chi connectivity index (χ1n) is 5.97. The molecule has 104 valence electrons. The van der Waals surface area contributed by atoms with Gasteiger partial charge in [-0.15, -0.1) is 0 Å². The molecule has 0 saturated carbocycles. The van der Waals surface area contributed by atoms with E-state index in [1.807, 2.05) is 6.07 Å². The third-order valence-corrected chi connectivity index (χ3v) is 2.89. The van der Waals surface area contributed by atoms with Gasteiger partial charge in [-0.25, -0.2) is 0 Å². The summed E-state index contributed by atoms with van der Waals surface area (Å²) in [6, 6.07) is 12.2. The molecule has 2 rings (SSSR count). The fraction of sp³-hybridized carbons (Fsp3) is 0.143. The van der Waals surface area contributed by atoms with Crippen molar-refractivity contribution in [1.29, 1.82) is 0 Å². The summed E-state index contributed by atoms with van der Waals surface area (Å²) in [5.74, 6) is 0. The van der Waals surface area contributed by atoms with Gasteiger partial charge in [0.05, 0.1) is 5.56 Å². The summed E-state index contributed by atoms with van der Waals surface area (Å²) in [5, 5.41) is 18.2. The van der Waals surface area contributed by atoms with Crippen molar-refractivity contribution < 1.29 is 23.2 Å². The Hall–Kier alpha value is -1.79. The van der Waals surface area contributed by atoms with E-state index in [2.05, 4.69) is 0 Å². The van der Waals surface area contributed by atoms with E-state index in [0.29, 0.717) is 12.0 Å². The Labute approximate surface area is 114 Å². The van der Waals surface area contributed by atoms with Gasteiger partial charge in [0, 0.05) is 0 Å². The molecule has 0 heterocycles. The quantitative estimate of drug-likeness (QED) is 0.844. The average molecular weight is 280 g/mol. The predicted octanol–water partition coefficient (Wildman–Crippen LogP) is 1.98. The normalized spacial score (nSPS) is 11.4. The van der Waals surface area contributed by atoms with Crippen LogP contribution >= 0.6 is 0 Å². The van der Waals surface area contributed by atoms with E-state index in [1.165, 1.54) is 6.07 Å². The molecule has 0 amide bonds. The summed E-state index contributed by atoms with van der Waals surface area (Å²) < 4.78 is 38.4. The highest BCUT2D eigenvalue weighted by atomic mass is 19.4. The molecule has 0 bridgehead atoms. The molecule has 0 aliphatic rings. The molecule has 0 saturated heterocycles. The van der Waals surface area contributed by atoms with Crippen LogP contribution in [-0.2, 0) is 12.6 Å². The van der Waals surface area contributed by atoms with Gasteiger partial charge < -0.3 is 10.0 Å². The highest BCUT2D eigenvalue weighted by molar-refractivity contribution is 6.58. The zero-order valence-electron chi connectivity index (χ0n) is 10.4. The van der Waals surface area contributed by atoms with E-state index >= 15 is 0 Å². The molecule has 0 unspecified atom stereocenters. The molecule has 2 N–H and O–H groups in total. The summed E-state index contributed by atoms with van der Waals surface area (Å²) >= 11 is 0. The van der Waals surface area contributed by atoms with Gasteiger partial charge in [0.1, 0.15) is 0 Å². The molecule has 0 aliphatic carbocycles. The molecule has 2 aromatic carbocycles. The minimum absolute atomic E-state index is 0.161. The van der Waals surface area contributed by atoms with Gasteiger partial charge in [-0.3, -0.25) is 0 Å². The fourth-order valence-corrected chi connectivity index (χ4v) is 1.96. The molecule has 0 aliphatic heterocycles. The molecule has 0 fully saturated rings. The number of benzene rings is 2. The monoisotopic (exact) mass is 280 g/mol. The maximum absolute atomic E-state index is 12.8. The second-order valence-corrected chi connectivity index (χ2v) is 4.50. The average Bonchev–Trinajstić information content (AvgIpc) is 2.38. The second-order valence-electron chi connectivity index (χ2n) is 4.50. The largest absolute Gasteiger partial charge is 0.488 e. The first kappa shape index (κ1) is 14.6. The van der Waals surface area contributed by atoms with Crippen LogP contribution < -0.4 is 5.46 Å². The van der Waals surface area contributed by atoms with Crippen molar-refractivity contribution in [2.45, 2.75) is 12.6 Å². The highest BCUT2D eigenvalue weighted by Crippen LogP contribution is 2.29. The molecule has 20 heavy (non-hydrogen) atoms. The number of hydrogen-bond acceptors (Lipinski definition) is 2. The fourth-order valence-electron chi connectivity index (χ4n) is 1.96. The second kappa shape index (κ2) is 5.69. The number of hydrogen-bond donors (Lipinski definition) is 2. The van der Waals surface area contributed by atoms with Gasteiger partial charge in [-0.1, -0.05) is 42.5 Å². The van der Waals surface area contributed by atoms with Crippen LogP contribution in [0.25, 0.3) is 0 Å². The van der Waals surface area contributed by atoms with E-state index in [1.54, 1.807) is 24.3 Å². The Bertz CT molecular complexity index is 583. The van der Waals surface area contributed by atoms with Crippen molar-refractivity contribution in [1.82, 2.24) is 0 Å². The van der Waals surface area contributed by atoms with Crippen molar-refractivity contribution in [3.8, 4) is 0 Å². The molecule has 0 spiro atoms. The van der Waals surface area contributed by atoms with Crippen molar-refractivity contribution >= 4 is 12.6 Å². The Balaban J connectivity index is 2.40. The van der Waals surface area contributed by atoms with Gasteiger partial charge in [0.15, 0.2) is 0 Å². The predicted molar refractivity (Wildman–Crippen MR) is 70.5 cm³/mol. The number of halogens is 3. The van der Waals surface area contributed by atoms with Crippen LogP contribution in [0.2, 0.25) is 0 Å². The van der Waals surface area contributed by atoms with Crippen LogP contribution in [0.5, 0.6) is 0 Å². The minimum atomic E-state index is -4.52. The molecule has 0 aromatic heterocycles. The van der Waals surface area contributed by atoms with Gasteiger partial charge in [0.25, 0.3) is 0 Å². The summed E-state index contributed by atoms with van der Waals surface area (Å²) in [6.45, 7) is 0. The lowest BCUT2D eigenvalue weighted by atomic mass is 9.78. The van der Waals surface area contributed by atoms with Crippen LogP contribution in [0.4, 0.5) is 13.2 Å². The third-order valence-electron chi connectivity index (χ3n) is 2.89. The summed E-state index contributed by atoms with van der Waals surface area (Å²) in [6.07, 6.45) is -4.22. The Morgan fingerprint density at radius 3 is 2.10 bits per heavy atom. The van der Waals surface area contributed by atoms with E-state index in [4.69, 9.17) is 10.0 Å². The molecule has 0 atom stereocenters. The Kier molecular flexibility index (Phi) is 4.16. The van der Waals surface area contributed by atoms with Crippen molar-refractivity contribution in [2.75, 3.05) is 0 Å². The Morgan fingerprint density at radius 1 is 0.900 bits per heavy atom. The van der Waals surface area contributed by atoms with E-state index < -0.39 is 18.9 Å². The topological polar surface area (TPSA) is 40.5 Å². The SMILES string of the molecule is OB(O)c1cc(Cc2ccccc2)cc(C(F)(F)F)c1. The molecule has 6 heteroatoms. The van der Waals surface area contributed by atoms with Gasteiger partial charge in [-0.2, -0.15) is 13.2 Å². The van der Waals surface area contributed by atoms with Crippen LogP contribution in [0.3, 0.4) is 0 Å². The van der Waals surface area contributed by atoms with Gasteiger partial charge in [-0.05, 0) is 29.1 Å². The summed E-state index contributed by atoms with van der Waals surface area (Å²) in [5.41, 5.74) is 0.194. The molecule has 2 aromatic rings. The zero-order chi connectivity index (χ0) is 14.8. The van der Waals surface area contributed by atoms with Crippen molar-refractivity contribution in [2.24, 2.45) is 0 Å². The Morgan fingerprint density at radius 2 is 1.55 bits per heavy atom. The van der Waals surface area contributed by atoms with Gasteiger partial charge in [0.2, 0.25) is 0 Å². The number of rotatable bonds is 3.